The lowest BCUT2D eigenvalue weighted by molar-refractivity contribution is -0.141. The predicted molar refractivity (Wildman–Crippen MR) is 61.6 cm³/mol. The zero-order valence-corrected chi connectivity index (χ0v) is 10.5. The Kier molecular flexibility index (Phi) is 4.34. The standard InChI is InChI=1S/C11H20N2O4/c1-7-6-13(5-4-9(7)14)11(17)12(3)8(2)10(15)16/h7-9,14H,4-6H2,1-3H3,(H,15,16). The summed E-state index contributed by atoms with van der Waals surface area (Å²) in [5.74, 6) is -0.993. The minimum atomic E-state index is -1.02. The molecule has 1 saturated heterocycles. The van der Waals surface area contributed by atoms with E-state index in [2.05, 4.69) is 0 Å². The first-order valence-electron chi connectivity index (χ1n) is 5.77. The molecule has 1 aliphatic heterocycles. The lowest BCUT2D eigenvalue weighted by atomic mass is 9.97. The van der Waals surface area contributed by atoms with Crippen LogP contribution >= 0.6 is 0 Å². The van der Waals surface area contributed by atoms with Crippen molar-refractivity contribution in [2.24, 2.45) is 5.92 Å². The van der Waals surface area contributed by atoms with Crippen molar-refractivity contribution in [1.82, 2.24) is 9.80 Å². The molecule has 0 saturated carbocycles. The number of aliphatic hydroxyl groups excluding tert-OH is 1. The summed E-state index contributed by atoms with van der Waals surface area (Å²) >= 11 is 0. The zero-order chi connectivity index (χ0) is 13.2. The van der Waals surface area contributed by atoms with E-state index >= 15 is 0 Å². The van der Waals surface area contributed by atoms with Crippen molar-refractivity contribution in [3.05, 3.63) is 0 Å². The summed E-state index contributed by atoms with van der Waals surface area (Å²) in [7, 11) is 1.48. The molecule has 1 heterocycles. The number of likely N-dealkylation sites (tertiary alicyclic amines) is 1. The van der Waals surface area contributed by atoms with E-state index in [-0.39, 0.29) is 18.1 Å². The highest BCUT2D eigenvalue weighted by Gasteiger charge is 2.31. The molecule has 0 aromatic carbocycles. The van der Waals surface area contributed by atoms with Gasteiger partial charge in [-0.15, -0.1) is 0 Å². The normalized spacial score (nSPS) is 26.5. The maximum atomic E-state index is 12.0. The van der Waals surface area contributed by atoms with Crippen LogP contribution in [0.2, 0.25) is 0 Å². The van der Waals surface area contributed by atoms with Crippen molar-refractivity contribution in [3.8, 4) is 0 Å². The molecule has 0 spiro atoms. The zero-order valence-electron chi connectivity index (χ0n) is 10.5. The molecule has 1 fully saturated rings. The quantitative estimate of drug-likeness (QED) is 0.727. The molecule has 1 aliphatic rings. The Bertz CT molecular complexity index is 308. The first kappa shape index (κ1) is 13.8. The second-order valence-electron chi connectivity index (χ2n) is 4.69. The summed E-state index contributed by atoms with van der Waals surface area (Å²) in [5.41, 5.74) is 0. The van der Waals surface area contributed by atoms with Crippen LogP contribution in [0.15, 0.2) is 0 Å². The van der Waals surface area contributed by atoms with Gasteiger partial charge in [0, 0.05) is 20.1 Å². The van der Waals surface area contributed by atoms with Crippen LogP contribution in [0, 0.1) is 5.92 Å². The van der Waals surface area contributed by atoms with Crippen molar-refractivity contribution in [3.63, 3.8) is 0 Å². The molecule has 0 aromatic rings. The van der Waals surface area contributed by atoms with Gasteiger partial charge in [-0.2, -0.15) is 0 Å². The maximum absolute atomic E-state index is 12.0. The van der Waals surface area contributed by atoms with Gasteiger partial charge in [0.05, 0.1) is 6.10 Å². The molecule has 0 aliphatic carbocycles. The molecule has 6 heteroatoms. The van der Waals surface area contributed by atoms with Gasteiger partial charge < -0.3 is 20.0 Å². The summed E-state index contributed by atoms with van der Waals surface area (Å²) in [6.07, 6.45) is 0.170. The van der Waals surface area contributed by atoms with Gasteiger partial charge in [-0.1, -0.05) is 6.92 Å². The number of hydrogen-bond donors (Lipinski definition) is 2. The van der Waals surface area contributed by atoms with E-state index in [0.29, 0.717) is 19.5 Å². The average Bonchev–Trinajstić information content (AvgIpc) is 2.29. The second-order valence-corrected chi connectivity index (χ2v) is 4.69. The Balaban J connectivity index is 2.61. The van der Waals surface area contributed by atoms with Gasteiger partial charge in [-0.25, -0.2) is 9.59 Å². The van der Waals surface area contributed by atoms with Crippen LogP contribution in [0.5, 0.6) is 0 Å². The fraction of sp³-hybridized carbons (Fsp3) is 0.818. The number of piperidine rings is 1. The number of rotatable bonds is 2. The minimum absolute atomic E-state index is 0.0289. The summed E-state index contributed by atoms with van der Waals surface area (Å²) in [6, 6.07) is -1.14. The van der Waals surface area contributed by atoms with Crippen molar-refractivity contribution in [1.29, 1.82) is 0 Å². The summed E-state index contributed by atoms with van der Waals surface area (Å²) < 4.78 is 0. The van der Waals surface area contributed by atoms with Crippen molar-refractivity contribution in [2.75, 3.05) is 20.1 Å². The highest BCUT2D eigenvalue weighted by molar-refractivity contribution is 5.82. The molecular weight excluding hydrogens is 224 g/mol. The topological polar surface area (TPSA) is 81.1 Å². The molecule has 2 N–H and O–H groups in total. The number of aliphatic carboxylic acids is 1. The number of likely N-dealkylation sites (N-methyl/N-ethyl adjacent to an activating group) is 1. The molecule has 0 bridgehead atoms. The van der Waals surface area contributed by atoms with Gasteiger partial charge in [0.2, 0.25) is 0 Å². The first-order chi connectivity index (χ1) is 7.84. The van der Waals surface area contributed by atoms with E-state index in [1.807, 2.05) is 6.92 Å². The van der Waals surface area contributed by atoms with Crippen LogP contribution in [0.4, 0.5) is 4.79 Å². The summed E-state index contributed by atoms with van der Waals surface area (Å²) in [6.45, 7) is 4.30. The van der Waals surface area contributed by atoms with Crippen LogP contribution in [0.25, 0.3) is 0 Å². The van der Waals surface area contributed by atoms with Crippen LogP contribution in [-0.4, -0.2) is 64.3 Å². The van der Waals surface area contributed by atoms with E-state index < -0.39 is 12.0 Å². The molecule has 17 heavy (non-hydrogen) atoms. The van der Waals surface area contributed by atoms with Crippen molar-refractivity contribution < 1.29 is 19.8 Å². The van der Waals surface area contributed by atoms with Gasteiger partial charge in [0.1, 0.15) is 6.04 Å². The molecule has 3 unspecified atom stereocenters. The summed E-state index contributed by atoms with van der Waals surface area (Å²) in [5, 5.41) is 18.4. The number of carboxylic acid groups (broad SMARTS) is 1. The Morgan fingerprint density at radius 3 is 2.53 bits per heavy atom. The highest BCUT2D eigenvalue weighted by Crippen LogP contribution is 2.18. The number of carbonyl (C=O) groups excluding carboxylic acids is 1. The number of urea groups is 1. The smallest absolute Gasteiger partial charge is 0.326 e. The van der Waals surface area contributed by atoms with Crippen molar-refractivity contribution in [2.45, 2.75) is 32.4 Å². The summed E-state index contributed by atoms with van der Waals surface area (Å²) in [4.78, 5) is 25.6. The number of hydrogen-bond acceptors (Lipinski definition) is 3. The molecule has 98 valence electrons. The van der Waals surface area contributed by atoms with Gasteiger partial charge in [0.25, 0.3) is 0 Å². The number of carbonyl (C=O) groups is 2. The van der Waals surface area contributed by atoms with Crippen LogP contribution in [0.1, 0.15) is 20.3 Å². The van der Waals surface area contributed by atoms with Crippen LogP contribution in [-0.2, 0) is 4.79 Å². The number of aliphatic hydroxyl groups is 1. The van der Waals surface area contributed by atoms with Crippen LogP contribution < -0.4 is 0 Å². The van der Waals surface area contributed by atoms with E-state index in [4.69, 9.17) is 5.11 Å². The SMILES string of the molecule is CC1CN(C(=O)N(C)C(C)C(=O)O)CCC1O. The van der Waals surface area contributed by atoms with Gasteiger partial charge in [-0.3, -0.25) is 0 Å². The molecule has 2 amide bonds. The largest absolute Gasteiger partial charge is 0.480 e. The molecule has 3 atom stereocenters. The number of amides is 2. The predicted octanol–water partition coefficient (Wildman–Crippen LogP) is 0.214. The lowest BCUT2D eigenvalue weighted by Crippen LogP contribution is -2.52. The third-order valence-corrected chi connectivity index (χ3v) is 3.37. The Hall–Kier alpha value is -1.30. The molecule has 0 aromatic heterocycles. The second kappa shape index (κ2) is 5.35. The Morgan fingerprint density at radius 2 is 2.06 bits per heavy atom. The number of nitrogens with zero attached hydrogens (tertiary/aromatic N) is 2. The van der Waals surface area contributed by atoms with Gasteiger partial charge >= 0.3 is 12.0 Å². The minimum Gasteiger partial charge on any atom is -0.480 e. The lowest BCUT2D eigenvalue weighted by Gasteiger charge is -2.37. The van der Waals surface area contributed by atoms with Crippen molar-refractivity contribution >= 4 is 12.0 Å². The van der Waals surface area contributed by atoms with E-state index in [1.54, 1.807) is 4.90 Å². The Labute approximate surface area is 101 Å². The maximum Gasteiger partial charge on any atom is 0.326 e. The molecular formula is C11H20N2O4. The Morgan fingerprint density at radius 1 is 1.47 bits per heavy atom. The highest BCUT2D eigenvalue weighted by atomic mass is 16.4. The van der Waals surface area contributed by atoms with Crippen LogP contribution in [0.3, 0.4) is 0 Å². The van der Waals surface area contributed by atoms with E-state index in [1.165, 1.54) is 18.9 Å². The fourth-order valence-corrected chi connectivity index (χ4v) is 1.86. The van der Waals surface area contributed by atoms with E-state index in [9.17, 15) is 14.7 Å². The third-order valence-electron chi connectivity index (χ3n) is 3.37. The molecule has 0 radical (unpaired) electrons. The fourth-order valence-electron chi connectivity index (χ4n) is 1.86. The third kappa shape index (κ3) is 3.09. The molecule has 6 nitrogen and oxygen atoms in total. The monoisotopic (exact) mass is 244 g/mol. The van der Waals surface area contributed by atoms with Gasteiger partial charge in [0.15, 0.2) is 0 Å². The first-order valence-corrected chi connectivity index (χ1v) is 5.77. The average molecular weight is 244 g/mol. The molecule has 1 rings (SSSR count). The number of carboxylic acids is 1. The van der Waals surface area contributed by atoms with Gasteiger partial charge in [-0.05, 0) is 19.3 Å². The van der Waals surface area contributed by atoms with E-state index in [0.717, 1.165) is 0 Å².